The van der Waals surface area contributed by atoms with Gasteiger partial charge < -0.3 is 9.47 Å². The minimum absolute atomic E-state index is 0.423. The molecule has 0 spiro atoms. The van der Waals surface area contributed by atoms with Gasteiger partial charge in [0.25, 0.3) is 0 Å². The molecule has 1 unspecified atom stereocenters. The minimum atomic E-state index is 0.423. The van der Waals surface area contributed by atoms with Crippen molar-refractivity contribution < 1.29 is 14.3 Å². The zero-order valence-corrected chi connectivity index (χ0v) is 17.5. The van der Waals surface area contributed by atoms with Crippen LogP contribution in [0.4, 0.5) is 0 Å². The molecule has 4 nitrogen and oxygen atoms in total. The first kappa shape index (κ1) is 20.6. The van der Waals surface area contributed by atoms with E-state index < -0.39 is 0 Å². The molecule has 0 saturated carbocycles. The van der Waals surface area contributed by atoms with Crippen molar-refractivity contribution in [3.05, 3.63) is 63.7 Å². The molecular formula is C24H31NO3. The third-order valence-corrected chi connectivity index (χ3v) is 6.02. The number of methoxy groups -OCH3 is 1. The number of ether oxygens (including phenoxy) is 2. The Labute approximate surface area is 168 Å². The average molecular weight is 382 g/mol. The second-order valence-electron chi connectivity index (χ2n) is 7.78. The molecule has 1 aliphatic rings. The number of nitrogens with zero attached hydrogens (tertiary/aromatic N) is 1. The fourth-order valence-electron chi connectivity index (χ4n) is 3.98. The summed E-state index contributed by atoms with van der Waals surface area (Å²) in [6, 6.07) is 10.6. The Morgan fingerprint density at radius 2 is 1.96 bits per heavy atom. The summed E-state index contributed by atoms with van der Waals surface area (Å²) in [5.74, 6) is 0.857. The van der Waals surface area contributed by atoms with Crippen molar-refractivity contribution in [3.63, 3.8) is 0 Å². The molecule has 3 rings (SSSR count). The molecule has 0 aromatic heterocycles. The number of aldehydes is 1. The van der Waals surface area contributed by atoms with Gasteiger partial charge in [0.05, 0.1) is 13.7 Å². The lowest BCUT2D eigenvalue weighted by molar-refractivity contribution is 0.0249. The summed E-state index contributed by atoms with van der Waals surface area (Å²) < 4.78 is 10.9. The first-order valence-corrected chi connectivity index (χ1v) is 10.0. The Morgan fingerprint density at radius 1 is 1.21 bits per heavy atom. The van der Waals surface area contributed by atoms with Gasteiger partial charge >= 0.3 is 0 Å². The van der Waals surface area contributed by atoms with Crippen LogP contribution in [-0.4, -0.2) is 44.6 Å². The Balaban J connectivity index is 1.84. The van der Waals surface area contributed by atoms with E-state index in [4.69, 9.17) is 9.47 Å². The standard InChI is InChI=1S/C24H31NO3/c1-17-18(2)24(14-25(3)22-6-5-11-28-16-22)21(15-26)13-20(17)12-19-7-9-23(27-4)10-8-19/h7-10,13,15,22H,5-6,11-12,14,16H2,1-4H3. The normalized spacial score (nSPS) is 17.0. The highest BCUT2D eigenvalue weighted by Gasteiger charge is 2.21. The van der Waals surface area contributed by atoms with E-state index in [0.717, 1.165) is 62.2 Å². The number of hydrogen-bond acceptors (Lipinski definition) is 4. The van der Waals surface area contributed by atoms with Gasteiger partial charge in [-0.25, -0.2) is 0 Å². The Morgan fingerprint density at radius 3 is 2.57 bits per heavy atom. The number of rotatable bonds is 7. The average Bonchev–Trinajstić information content (AvgIpc) is 2.74. The third kappa shape index (κ3) is 4.62. The van der Waals surface area contributed by atoms with Gasteiger partial charge in [0.2, 0.25) is 0 Å². The van der Waals surface area contributed by atoms with E-state index in [1.807, 2.05) is 12.1 Å². The number of hydrogen-bond donors (Lipinski definition) is 0. The SMILES string of the molecule is COc1ccc(Cc2cc(C=O)c(CN(C)C3CCCOC3)c(C)c2C)cc1. The van der Waals surface area contributed by atoms with Gasteiger partial charge in [-0.1, -0.05) is 12.1 Å². The van der Waals surface area contributed by atoms with Crippen LogP contribution in [0.5, 0.6) is 5.75 Å². The molecule has 0 bridgehead atoms. The molecule has 4 heteroatoms. The van der Waals surface area contributed by atoms with E-state index in [9.17, 15) is 4.79 Å². The summed E-state index contributed by atoms with van der Waals surface area (Å²) in [6.07, 6.45) is 4.07. The van der Waals surface area contributed by atoms with Crippen LogP contribution in [0, 0.1) is 13.8 Å². The number of carbonyl (C=O) groups is 1. The lowest BCUT2D eigenvalue weighted by Crippen LogP contribution is -2.38. The fraction of sp³-hybridized carbons (Fsp3) is 0.458. The van der Waals surface area contributed by atoms with Crippen molar-refractivity contribution in [2.75, 3.05) is 27.4 Å². The van der Waals surface area contributed by atoms with E-state index >= 15 is 0 Å². The van der Waals surface area contributed by atoms with Crippen molar-refractivity contribution in [1.29, 1.82) is 0 Å². The molecule has 1 saturated heterocycles. The smallest absolute Gasteiger partial charge is 0.150 e. The molecule has 0 N–H and O–H groups in total. The van der Waals surface area contributed by atoms with Crippen LogP contribution >= 0.6 is 0 Å². The molecule has 0 aliphatic carbocycles. The highest BCUT2D eigenvalue weighted by Crippen LogP contribution is 2.26. The molecule has 1 fully saturated rings. The summed E-state index contributed by atoms with van der Waals surface area (Å²) >= 11 is 0. The first-order valence-electron chi connectivity index (χ1n) is 10.0. The lowest BCUT2D eigenvalue weighted by atomic mass is 9.90. The van der Waals surface area contributed by atoms with E-state index in [1.165, 1.54) is 22.3 Å². The second-order valence-corrected chi connectivity index (χ2v) is 7.78. The van der Waals surface area contributed by atoms with Gasteiger partial charge in [-0.3, -0.25) is 9.69 Å². The van der Waals surface area contributed by atoms with Crippen LogP contribution in [0.2, 0.25) is 0 Å². The zero-order chi connectivity index (χ0) is 20.1. The van der Waals surface area contributed by atoms with E-state index in [1.54, 1.807) is 7.11 Å². The number of benzene rings is 2. The van der Waals surface area contributed by atoms with Crippen molar-refractivity contribution in [3.8, 4) is 5.75 Å². The Kier molecular flexibility index (Phi) is 6.87. The lowest BCUT2D eigenvalue weighted by Gasteiger charge is -2.32. The molecule has 2 aromatic rings. The topological polar surface area (TPSA) is 38.8 Å². The van der Waals surface area contributed by atoms with E-state index in [2.05, 4.69) is 44.0 Å². The summed E-state index contributed by atoms with van der Waals surface area (Å²) in [5.41, 5.74) is 6.84. The van der Waals surface area contributed by atoms with Crippen LogP contribution in [-0.2, 0) is 17.7 Å². The van der Waals surface area contributed by atoms with Gasteiger partial charge in [-0.15, -0.1) is 0 Å². The highest BCUT2D eigenvalue weighted by molar-refractivity contribution is 5.79. The van der Waals surface area contributed by atoms with Gasteiger partial charge in [0, 0.05) is 24.8 Å². The molecular weight excluding hydrogens is 350 g/mol. The quantitative estimate of drug-likeness (QED) is 0.670. The van der Waals surface area contributed by atoms with Crippen molar-refractivity contribution in [2.24, 2.45) is 0 Å². The minimum Gasteiger partial charge on any atom is -0.497 e. The number of likely N-dealkylation sites (N-methyl/N-ethyl adjacent to an activating group) is 1. The van der Waals surface area contributed by atoms with Gasteiger partial charge in [-0.2, -0.15) is 0 Å². The van der Waals surface area contributed by atoms with Crippen LogP contribution in [0.1, 0.15) is 51.0 Å². The maximum atomic E-state index is 11.9. The van der Waals surface area contributed by atoms with E-state index in [-0.39, 0.29) is 0 Å². The van der Waals surface area contributed by atoms with Crippen LogP contribution in [0.15, 0.2) is 30.3 Å². The molecule has 2 aromatic carbocycles. The highest BCUT2D eigenvalue weighted by atomic mass is 16.5. The molecule has 1 heterocycles. The molecule has 150 valence electrons. The molecule has 0 amide bonds. The summed E-state index contributed by atoms with van der Waals surface area (Å²) in [4.78, 5) is 14.2. The largest absolute Gasteiger partial charge is 0.497 e. The molecule has 1 aliphatic heterocycles. The Bertz CT molecular complexity index is 808. The van der Waals surface area contributed by atoms with Gasteiger partial charge in [0.15, 0.2) is 0 Å². The van der Waals surface area contributed by atoms with Crippen molar-refractivity contribution in [1.82, 2.24) is 4.90 Å². The summed E-state index contributed by atoms with van der Waals surface area (Å²) in [6.45, 7) is 6.72. The monoisotopic (exact) mass is 381 g/mol. The molecule has 0 radical (unpaired) electrons. The third-order valence-electron chi connectivity index (χ3n) is 6.02. The molecule has 28 heavy (non-hydrogen) atoms. The predicted molar refractivity (Wildman–Crippen MR) is 112 cm³/mol. The van der Waals surface area contributed by atoms with Gasteiger partial charge in [0.1, 0.15) is 12.0 Å². The predicted octanol–water partition coefficient (Wildman–Crippen LogP) is 4.33. The zero-order valence-electron chi connectivity index (χ0n) is 17.5. The second kappa shape index (κ2) is 9.35. The molecule has 1 atom stereocenters. The van der Waals surface area contributed by atoms with Gasteiger partial charge in [-0.05, 0) is 86.2 Å². The van der Waals surface area contributed by atoms with Crippen molar-refractivity contribution >= 4 is 6.29 Å². The fourth-order valence-corrected chi connectivity index (χ4v) is 3.98. The number of carbonyl (C=O) groups excluding carboxylic acids is 1. The summed E-state index contributed by atoms with van der Waals surface area (Å²) in [5, 5.41) is 0. The summed E-state index contributed by atoms with van der Waals surface area (Å²) in [7, 11) is 3.81. The van der Waals surface area contributed by atoms with Crippen LogP contribution in [0.25, 0.3) is 0 Å². The van der Waals surface area contributed by atoms with Crippen LogP contribution < -0.4 is 4.74 Å². The van der Waals surface area contributed by atoms with Crippen LogP contribution in [0.3, 0.4) is 0 Å². The first-order chi connectivity index (χ1) is 13.5. The Hall–Kier alpha value is -2.17. The maximum absolute atomic E-state index is 11.9. The van der Waals surface area contributed by atoms with E-state index in [0.29, 0.717) is 6.04 Å². The maximum Gasteiger partial charge on any atom is 0.150 e. The van der Waals surface area contributed by atoms with Crippen molar-refractivity contribution in [2.45, 2.75) is 45.7 Å².